The number of carbonyl (C=O) groups is 4. The molecular weight excluding hydrogens is 388 g/mol. The molecule has 8 nitrogen and oxygen atoms in total. The molecule has 1 unspecified atom stereocenters. The van der Waals surface area contributed by atoms with Gasteiger partial charge in [0.15, 0.2) is 11.9 Å². The van der Waals surface area contributed by atoms with E-state index in [4.69, 9.17) is 9.47 Å². The summed E-state index contributed by atoms with van der Waals surface area (Å²) in [6, 6.07) is 5.01. The highest BCUT2D eigenvalue weighted by Crippen LogP contribution is 2.35. The smallest absolute Gasteiger partial charge is 0.308 e. The molecule has 0 aliphatic carbocycles. The molecule has 30 heavy (non-hydrogen) atoms. The molecule has 8 heteroatoms. The van der Waals surface area contributed by atoms with Crippen LogP contribution >= 0.6 is 0 Å². The van der Waals surface area contributed by atoms with Crippen LogP contribution in [0.1, 0.15) is 49.9 Å². The lowest BCUT2D eigenvalue weighted by Gasteiger charge is -2.36. The number of hydrogen-bond acceptors (Lipinski definition) is 6. The van der Waals surface area contributed by atoms with Crippen LogP contribution in [-0.2, 0) is 19.1 Å². The van der Waals surface area contributed by atoms with E-state index in [9.17, 15) is 19.2 Å². The van der Waals surface area contributed by atoms with Gasteiger partial charge in [-0.25, -0.2) is 0 Å². The number of amides is 2. The Balaban J connectivity index is 1.76. The van der Waals surface area contributed by atoms with Crippen LogP contribution in [0.2, 0.25) is 0 Å². The molecule has 0 saturated carbocycles. The summed E-state index contributed by atoms with van der Waals surface area (Å²) in [5.41, 5.74) is 0.941. The zero-order valence-electron chi connectivity index (χ0n) is 17.7. The third-order valence-electron chi connectivity index (χ3n) is 5.64. The summed E-state index contributed by atoms with van der Waals surface area (Å²) >= 11 is 0. The molecule has 0 bridgehead atoms. The van der Waals surface area contributed by atoms with Crippen molar-refractivity contribution in [2.45, 2.75) is 45.6 Å². The van der Waals surface area contributed by atoms with Gasteiger partial charge in [0.2, 0.25) is 5.91 Å². The summed E-state index contributed by atoms with van der Waals surface area (Å²) in [5.74, 6) is -0.498. The van der Waals surface area contributed by atoms with Crippen molar-refractivity contribution in [1.29, 1.82) is 0 Å². The van der Waals surface area contributed by atoms with Gasteiger partial charge in [0.25, 0.3) is 5.91 Å². The van der Waals surface area contributed by atoms with Crippen LogP contribution in [0.5, 0.6) is 5.75 Å². The number of methoxy groups -OCH3 is 1. The number of carbonyl (C=O) groups excluding carboxylic acids is 4. The van der Waals surface area contributed by atoms with Crippen LogP contribution in [0.4, 0.5) is 5.69 Å². The Kier molecular flexibility index (Phi) is 6.74. The fourth-order valence-electron chi connectivity index (χ4n) is 3.88. The Hall–Kier alpha value is -2.90. The van der Waals surface area contributed by atoms with Crippen molar-refractivity contribution < 1.29 is 28.7 Å². The van der Waals surface area contributed by atoms with Gasteiger partial charge < -0.3 is 14.4 Å². The molecule has 0 spiro atoms. The van der Waals surface area contributed by atoms with Crippen molar-refractivity contribution in [3.63, 3.8) is 0 Å². The minimum Gasteiger partial charge on any atom is -0.479 e. The molecule has 2 amide bonds. The minimum absolute atomic E-state index is 0.0115. The van der Waals surface area contributed by atoms with Crippen LogP contribution < -0.4 is 9.64 Å². The van der Waals surface area contributed by atoms with E-state index in [0.29, 0.717) is 49.4 Å². The molecule has 1 saturated heterocycles. The molecule has 3 rings (SSSR count). The minimum atomic E-state index is -0.715. The van der Waals surface area contributed by atoms with Crippen LogP contribution in [0.3, 0.4) is 0 Å². The lowest BCUT2D eigenvalue weighted by Crippen LogP contribution is -2.51. The Morgan fingerprint density at radius 1 is 1.20 bits per heavy atom. The zero-order valence-corrected chi connectivity index (χ0v) is 17.7. The van der Waals surface area contributed by atoms with E-state index >= 15 is 0 Å². The number of nitrogens with zero attached hydrogens (tertiary/aromatic N) is 2. The first-order chi connectivity index (χ1) is 14.3. The highest BCUT2D eigenvalue weighted by molar-refractivity contribution is 6.05. The second-order valence-corrected chi connectivity index (χ2v) is 7.72. The molecule has 0 aromatic heterocycles. The first-order valence-corrected chi connectivity index (χ1v) is 10.4. The Bertz CT molecular complexity index is 844. The van der Waals surface area contributed by atoms with Gasteiger partial charge in [-0.3, -0.25) is 24.1 Å². The number of piperidine rings is 1. The van der Waals surface area contributed by atoms with Crippen molar-refractivity contribution in [2.75, 3.05) is 31.6 Å². The number of rotatable bonds is 6. The van der Waals surface area contributed by atoms with E-state index in [2.05, 4.69) is 0 Å². The van der Waals surface area contributed by atoms with Gasteiger partial charge in [0.1, 0.15) is 12.3 Å². The van der Waals surface area contributed by atoms with Crippen LogP contribution in [0, 0.1) is 5.92 Å². The quantitative estimate of drug-likeness (QED) is 0.521. The number of ether oxygens (including phenoxy) is 2. The first kappa shape index (κ1) is 21.8. The summed E-state index contributed by atoms with van der Waals surface area (Å²) in [7, 11) is 1.36. The molecule has 162 valence electrons. The maximum atomic E-state index is 12.9. The number of likely N-dealkylation sites (tertiary alicyclic amines) is 1. The van der Waals surface area contributed by atoms with E-state index in [1.165, 1.54) is 12.0 Å². The first-order valence-electron chi connectivity index (χ1n) is 10.4. The Morgan fingerprint density at radius 3 is 2.53 bits per heavy atom. The molecule has 2 aliphatic rings. The summed E-state index contributed by atoms with van der Waals surface area (Å²) in [6.07, 6.45) is 1.51. The van der Waals surface area contributed by atoms with E-state index < -0.39 is 6.10 Å². The molecule has 1 atom stereocenters. The second kappa shape index (κ2) is 9.28. The van der Waals surface area contributed by atoms with E-state index in [-0.39, 0.29) is 36.0 Å². The lowest BCUT2D eigenvalue weighted by atomic mass is 9.97. The van der Waals surface area contributed by atoms with Crippen LogP contribution in [0.15, 0.2) is 18.2 Å². The fourth-order valence-corrected chi connectivity index (χ4v) is 3.88. The third kappa shape index (κ3) is 4.47. The Labute approximate surface area is 176 Å². The summed E-state index contributed by atoms with van der Waals surface area (Å²) < 4.78 is 10.5. The van der Waals surface area contributed by atoms with Crippen molar-refractivity contribution in [1.82, 2.24) is 4.90 Å². The number of hydrogen-bond donors (Lipinski definition) is 0. The Morgan fingerprint density at radius 2 is 1.90 bits per heavy atom. The number of ketones is 1. The largest absolute Gasteiger partial charge is 0.479 e. The summed E-state index contributed by atoms with van der Waals surface area (Å²) in [4.78, 5) is 52.7. The number of Topliss-reactive ketones (excluding diaryl/α,β-unsaturated/α-hetero) is 1. The van der Waals surface area contributed by atoms with Crippen LogP contribution in [0.25, 0.3) is 0 Å². The van der Waals surface area contributed by atoms with E-state index in [0.717, 1.165) is 6.42 Å². The summed E-state index contributed by atoms with van der Waals surface area (Å²) in [5, 5.41) is 0. The molecule has 1 aromatic carbocycles. The number of anilines is 1. The number of fused-ring (bicyclic) bond motifs is 1. The molecular formula is C22H28N2O6. The predicted octanol–water partition coefficient (Wildman–Crippen LogP) is 2.19. The average Bonchev–Trinajstić information content (AvgIpc) is 2.76. The molecule has 0 radical (unpaired) electrons. The number of esters is 1. The van der Waals surface area contributed by atoms with Gasteiger partial charge in [-0.1, -0.05) is 6.92 Å². The van der Waals surface area contributed by atoms with Gasteiger partial charge in [-0.15, -0.1) is 0 Å². The molecule has 2 aliphatic heterocycles. The van der Waals surface area contributed by atoms with Gasteiger partial charge in [0.05, 0.1) is 18.7 Å². The van der Waals surface area contributed by atoms with Crippen LogP contribution in [-0.4, -0.2) is 61.3 Å². The molecule has 0 N–H and O–H groups in total. The lowest BCUT2D eigenvalue weighted by molar-refractivity contribution is -0.148. The maximum absolute atomic E-state index is 12.9. The SMILES string of the molecule is CCCC(=O)c1ccc2c(c1)N(CC(=O)N1CCC(C(=O)OC)CC1)C(=O)C(C)O2. The standard InChI is InChI=1S/C22H28N2O6/c1-4-5-18(25)16-6-7-19-17(12-16)24(21(27)14(2)30-19)13-20(26)23-10-8-15(9-11-23)22(28)29-3/h6-7,12,14-15H,4-5,8-11,13H2,1-3H3. The van der Waals surface area contributed by atoms with Gasteiger partial charge >= 0.3 is 5.97 Å². The fraction of sp³-hybridized carbons (Fsp3) is 0.545. The van der Waals surface area contributed by atoms with E-state index in [1.54, 1.807) is 30.0 Å². The van der Waals surface area contributed by atoms with Gasteiger partial charge in [-0.05, 0) is 44.4 Å². The molecule has 2 heterocycles. The van der Waals surface area contributed by atoms with Crippen molar-refractivity contribution >= 4 is 29.3 Å². The topological polar surface area (TPSA) is 93.2 Å². The average molecular weight is 416 g/mol. The highest BCUT2D eigenvalue weighted by atomic mass is 16.5. The van der Waals surface area contributed by atoms with Gasteiger partial charge in [0, 0.05) is 25.1 Å². The molecule has 1 fully saturated rings. The maximum Gasteiger partial charge on any atom is 0.308 e. The zero-order chi connectivity index (χ0) is 21.8. The summed E-state index contributed by atoms with van der Waals surface area (Å²) in [6.45, 7) is 4.32. The van der Waals surface area contributed by atoms with Gasteiger partial charge in [-0.2, -0.15) is 0 Å². The van der Waals surface area contributed by atoms with Crippen molar-refractivity contribution in [2.24, 2.45) is 5.92 Å². The highest BCUT2D eigenvalue weighted by Gasteiger charge is 2.35. The predicted molar refractivity (Wildman–Crippen MR) is 109 cm³/mol. The normalized spacial score (nSPS) is 19.2. The van der Waals surface area contributed by atoms with E-state index in [1.807, 2.05) is 6.92 Å². The third-order valence-corrected chi connectivity index (χ3v) is 5.64. The molecule has 1 aromatic rings. The monoisotopic (exact) mass is 416 g/mol. The number of benzene rings is 1. The van der Waals surface area contributed by atoms with Crippen molar-refractivity contribution in [3.8, 4) is 5.75 Å². The van der Waals surface area contributed by atoms with Crippen molar-refractivity contribution in [3.05, 3.63) is 23.8 Å². The second-order valence-electron chi connectivity index (χ2n) is 7.72.